The number of pyridine rings is 2. The van der Waals surface area contributed by atoms with Crippen LogP contribution in [0.4, 0.5) is 0 Å². The van der Waals surface area contributed by atoms with Gasteiger partial charge < -0.3 is 4.52 Å². The summed E-state index contributed by atoms with van der Waals surface area (Å²) in [7, 11) is -1.63. The van der Waals surface area contributed by atoms with Crippen molar-refractivity contribution < 1.29 is 4.52 Å². The zero-order chi connectivity index (χ0) is 20.0. The third-order valence-corrected chi connectivity index (χ3v) is 7.23. The molecule has 0 atom stereocenters. The molecule has 0 saturated heterocycles. The number of hydrogen-bond acceptors (Lipinski definition) is 4. The van der Waals surface area contributed by atoms with Gasteiger partial charge >= 0.3 is 0 Å². The second-order valence-electron chi connectivity index (χ2n) is 8.26. The van der Waals surface area contributed by atoms with E-state index in [2.05, 4.69) is 48.0 Å². The molecule has 2 aromatic carbocycles. The summed E-state index contributed by atoms with van der Waals surface area (Å²) in [5.74, 6) is 0.780. The molecular formula is C24H21N3OSi. The highest BCUT2D eigenvalue weighted by molar-refractivity contribution is 6.90. The van der Waals surface area contributed by atoms with E-state index in [1.54, 1.807) is 6.20 Å². The summed E-state index contributed by atoms with van der Waals surface area (Å²) >= 11 is 0. The van der Waals surface area contributed by atoms with Crippen LogP contribution in [0, 0.1) is 0 Å². The third kappa shape index (κ3) is 3.04. The van der Waals surface area contributed by atoms with E-state index in [0.29, 0.717) is 0 Å². The number of hydrogen-bond donors (Lipinski definition) is 0. The normalized spacial score (nSPS) is 12.0. The van der Waals surface area contributed by atoms with Gasteiger partial charge in [-0.2, -0.15) is 0 Å². The predicted molar refractivity (Wildman–Crippen MR) is 121 cm³/mol. The van der Waals surface area contributed by atoms with E-state index in [-0.39, 0.29) is 0 Å². The van der Waals surface area contributed by atoms with Gasteiger partial charge in [0.1, 0.15) is 11.0 Å². The lowest BCUT2D eigenvalue weighted by Crippen LogP contribution is -2.38. The molecular weight excluding hydrogens is 374 g/mol. The van der Waals surface area contributed by atoms with Gasteiger partial charge in [0.2, 0.25) is 0 Å². The van der Waals surface area contributed by atoms with E-state index in [9.17, 15) is 0 Å². The smallest absolute Gasteiger partial charge is 0.174 e. The van der Waals surface area contributed by atoms with Crippen LogP contribution in [0.2, 0.25) is 19.6 Å². The van der Waals surface area contributed by atoms with E-state index in [4.69, 9.17) is 9.51 Å². The molecule has 0 bridgehead atoms. The Hall–Kier alpha value is -3.31. The third-order valence-electron chi connectivity index (χ3n) is 5.20. The minimum atomic E-state index is -1.63. The van der Waals surface area contributed by atoms with Crippen LogP contribution in [0.5, 0.6) is 0 Å². The molecule has 29 heavy (non-hydrogen) atoms. The van der Waals surface area contributed by atoms with Gasteiger partial charge in [-0.15, -0.1) is 0 Å². The second-order valence-corrected chi connectivity index (χ2v) is 13.3. The van der Waals surface area contributed by atoms with Gasteiger partial charge in [-0.3, -0.25) is 4.98 Å². The van der Waals surface area contributed by atoms with E-state index in [1.165, 1.54) is 5.19 Å². The van der Waals surface area contributed by atoms with Gasteiger partial charge in [-0.05, 0) is 29.5 Å². The molecule has 0 N–H and O–H groups in total. The van der Waals surface area contributed by atoms with E-state index >= 15 is 0 Å². The Kier molecular flexibility index (Phi) is 4.06. The maximum Gasteiger partial charge on any atom is 0.174 e. The van der Waals surface area contributed by atoms with Gasteiger partial charge in [-0.1, -0.05) is 67.3 Å². The van der Waals surface area contributed by atoms with Crippen molar-refractivity contribution in [2.75, 3.05) is 0 Å². The molecule has 0 aliphatic heterocycles. The molecule has 5 aromatic rings. The van der Waals surface area contributed by atoms with Crippen molar-refractivity contribution in [3.63, 3.8) is 0 Å². The van der Waals surface area contributed by atoms with Crippen molar-refractivity contribution in [2.24, 2.45) is 0 Å². The Morgan fingerprint density at radius 3 is 2.24 bits per heavy atom. The molecule has 0 radical (unpaired) electrons. The lowest BCUT2D eigenvalue weighted by Gasteiger charge is -2.20. The number of benzene rings is 2. The fraction of sp³-hybridized carbons (Fsp3) is 0.125. The van der Waals surface area contributed by atoms with E-state index < -0.39 is 8.07 Å². The van der Waals surface area contributed by atoms with Gasteiger partial charge in [-0.25, -0.2) is 4.98 Å². The van der Waals surface area contributed by atoms with Crippen LogP contribution in [0.1, 0.15) is 0 Å². The minimum absolute atomic E-state index is 0.780. The summed E-state index contributed by atoms with van der Waals surface area (Å²) < 4.78 is 5.79. The topological polar surface area (TPSA) is 51.8 Å². The Morgan fingerprint density at radius 1 is 0.759 bits per heavy atom. The fourth-order valence-corrected chi connectivity index (χ4v) is 5.34. The number of rotatable bonds is 3. The van der Waals surface area contributed by atoms with Crippen LogP contribution in [0.15, 0.2) is 77.4 Å². The second kappa shape index (κ2) is 6.64. The van der Waals surface area contributed by atoms with Gasteiger partial charge in [0.25, 0.3) is 0 Å². The average molecular weight is 396 g/mol. The number of fused-ring (bicyclic) bond motifs is 3. The SMILES string of the molecule is C[Si](C)(C)c1cc(-c2ccccn2)nc2c1ccc1c(-c3ccccc3)onc12. The van der Waals surface area contributed by atoms with Crippen molar-refractivity contribution in [3.05, 3.63) is 72.9 Å². The molecule has 5 heteroatoms. The molecule has 0 spiro atoms. The van der Waals surface area contributed by atoms with Crippen LogP contribution < -0.4 is 5.19 Å². The highest BCUT2D eigenvalue weighted by Gasteiger charge is 2.24. The maximum atomic E-state index is 5.79. The maximum absolute atomic E-state index is 5.79. The lowest BCUT2D eigenvalue weighted by atomic mass is 10.1. The van der Waals surface area contributed by atoms with Crippen molar-refractivity contribution >= 4 is 35.1 Å². The van der Waals surface area contributed by atoms with Gasteiger partial charge in [0, 0.05) is 17.1 Å². The summed E-state index contributed by atoms with van der Waals surface area (Å²) in [6.45, 7) is 7.06. The first-order valence-corrected chi connectivity index (χ1v) is 13.2. The lowest BCUT2D eigenvalue weighted by molar-refractivity contribution is 0.441. The zero-order valence-corrected chi connectivity index (χ0v) is 17.7. The Labute approximate surface area is 170 Å². The molecule has 0 unspecified atom stereocenters. The molecule has 0 saturated carbocycles. The van der Waals surface area contributed by atoms with Crippen molar-refractivity contribution in [3.8, 4) is 22.7 Å². The first-order chi connectivity index (χ1) is 14.0. The molecule has 3 heterocycles. The van der Waals surface area contributed by atoms with E-state index in [0.717, 1.165) is 44.5 Å². The van der Waals surface area contributed by atoms with Crippen LogP contribution in [0.25, 0.3) is 44.5 Å². The summed E-state index contributed by atoms with van der Waals surface area (Å²) in [4.78, 5) is 9.51. The predicted octanol–water partition coefficient (Wildman–Crippen LogP) is 5.65. The quantitative estimate of drug-likeness (QED) is 0.370. The van der Waals surface area contributed by atoms with Crippen molar-refractivity contribution in [1.29, 1.82) is 0 Å². The largest absolute Gasteiger partial charge is 0.355 e. The highest BCUT2D eigenvalue weighted by atomic mass is 28.3. The Bertz CT molecular complexity index is 1320. The van der Waals surface area contributed by atoms with Crippen LogP contribution in [-0.2, 0) is 0 Å². The first kappa shape index (κ1) is 17.8. The zero-order valence-electron chi connectivity index (χ0n) is 16.7. The molecule has 4 nitrogen and oxygen atoms in total. The van der Waals surface area contributed by atoms with Crippen LogP contribution in [0.3, 0.4) is 0 Å². The number of aromatic nitrogens is 3. The summed E-state index contributed by atoms with van der Waals surface area (Å²) in [6.07, 6.45) is 1.81. The van der Waals surface area contributed by atoms with Crippen molar-refractivity contribution in [2.45, 2.75) is 19.6 Å². The molecule has 142 valence electrons. The molecule has 0 fully saturated rings. The molecule has 3 aromatic heterocycles. The fourth-order valence-electron chi connectivity index (χ4n) is 3.76. The summed E-state index contributed by atoms with van der Waals surface area (Å²) in [6, 6.07) is 22.5. The summed E-state index contributed by atoms with van der Waals surface area (Å²) in [5, 5.41) is 7.93. The van der Waals surface area contributed by atoms with Gasteiger partial charge in [0.05, 0.1) is 24.8 Å². The Morgan fingerprint density at radius 2 is 1.52 bits per heavy atom. The van der Waals surface area contributed by atoms with E-state index in [1.807, 2.05) is 48.5 Å². The van der Waals surface area contributed by atoms with Crippen LogP contribution in [-0.4, -0.2) is 23.2 Å². The molecule has 0 aliphatic carbocycles. The minimum Gasteiger partial charge on any atom is -0.355 e. The molecule has 0 amide bonds. The first-order valence-electron chi connectivity index (χ1n) is 9.73. The Balaban J connectivity index is 1.84. The number of nitrogens with zero attached hydrogens (tertiary/aromatic N) is 3. The van der Waals surface area contributed by atoms with Crippen molar-refractivity contribution in [1.82, 2.24) is 15.1 Å². The standard InChI is InChI=1S/C24H21N3OSi/c1-29(2,3)21-15-20(19-11-7-8-14-25-19)26-22-17(21)12-13-18-23(22)27-28-24(18)16-9-5-4-6-10-16/h4-15H,1-3H3. The average Bonchev–Trinajstić information content (AvgIpc) is 3.18. The molecule has 5 rings (SSSR count). The van der Waals surface area contributed by atoms with Gasteiger partial charge in [0.15, 0.2) is 5.76 Å². The highest BCUT2D eigenvalue weighted by Crippen LogP contribution is 2.33. The van der Waals surface area contributed by atoms with Crippen LogP contribution >= 0.6 is 0 Å². The monoisotopic (exact) mass is 395 g/mol. The summed E-state index contributed by atoms with van der Waals surface area (Å²) in [5.41, 5.74) is 4.46. The molecule has 0 aliphatic rings.